The van der Waals surface area contributed by atoms with Crippen molar-refractivity contribution in [3.05, 3.63) is 102 Å². The molecule has 3 heterocycles. The number of nitrogens with one attached hydrogen (secondary N) is 2. The van der Waals surface area contributed by atoms with Gasteiger partial charge in [0.25, 0.3) is 0 Å². The van der Waals surface area contributed by atoms with E-state index in [0.717, 1.165) is 53.8 Å². The van der Waals surface area contributed by atoms with E-state index in [1.165, 1.54) is 6.07 Å². The summed E-state index contributed by atoms with van der Waals surface area (Å²) in [5.74, 6) is 6.31. The predicted octanol–water partition coefficient (Wildman–Crippen LogP) is 5.81. The average molecular weight is 516 g/mol. The molecule has 38 heavy (non-hydrogen) atoms. The van der Waals surface area contributed by atoms with Crippen molar-refractivity contribution in [1.29, 1.82) is 0 Å². The fourth-order valence-corrected chi connectivity index (χ4v) is 4.55. The van der Waals surface area contributed by atoms with Crippen LogP contribution in [0.1, 0.15) is 27.8 Å². The maximum absolute atomic E-state index is 14.0. The van der Waals surface area contributed by atoms with Gasteiger partial charge in [0.2, 0.25) is 0 Å². The molecule has 2 aromatic carbocycles. The zero-order valence-corrected chi connectivity index (χ0v) is 21.1. The number of hydrogen-bond donors (Lipinski definition) is 2. The number of halogens is 3. The lowest BCUT2D eigenvalue weighted by Gasteiger charge is -2.33. The van der Waals surface area contributed by atoms with Crippen LogP contribution in [0.4, 0.5) is 18.9 Å². The van der Waals surface area contributed by atoms with Crippen LogP contribution in [-0.4, -0.2) is 53.0 Å². The highest BCUT2D eigenvalue weighted by Gasteiger charge is 2.34. The standard InChI is InChI=1S/C30H28F3N5/c1-21(23-5-3-4-22(16-23)6-7-24-18-34-19-29-27(24)10-11-35-29)36-26-9-8-25(28(17-26)30(31,32)33)20-38-14-12-37(2)13-15-38/h3-5,8-11,16-19,35-36H,1,12-15,20H2,2H3. The van der Waals surface area contributed by atoms with Gasteiger partial charge in [-0.1, -0.05) is 36.6 Å². The topological polar surface area (TPSA) is 47.2 Å². The number of anilines is 1. The van der Waals surface area contributed by atoms with Crippen LogP contribution in [0.2, 0.25) is 0 Å². The van der Waals surface area contributed by atoms with E-state index in [1.54, 1.807) is 24.5 Å². The number of alkyl halides is 3. The van der Waals surface area contributed by atoms with Gasteiger partial charge in [-0.25, -0.2) is 0 Å². The van der Waals surface area contributed by atoms with Crippen molar-refractivity contribution in [2.75, 3.05) is 38.5 Å². The summed E-state index contributed by atoms with van der Waals surface area (Å²) in [5, 5.41) is 4.04. The molecule has 2 aromatic heterocycles. The minimum absolute atomic E-state index is 0.274. The molecule has 0 amide bonds. The Morgan fingerprint density at radius 1 is 1.05 bits per heavy atom. The fourth-order valence-electron chi connectivity index (χ4n) is 4.55. The lowest BCUT2D eigenvalue weighted by atomic mass is 10.0. The molecule has 1 saturated heterocycles. The van der Waals surface area contributed by atoms with E-state index in [1.807, 2.05) is 43.6 Å². The van der Waals surface area contributed by atoms with E-state index in [9.17, 15) is 13.2 Å². The van der Waals surface area contributed by atoms with E-state index in [0.29, 0.717) is 11.4 Å². The summed E-state index contributed by atoms with van der Waals surface area (Å²) in [4.78, 5) is 11.6. The quantitative estimate of drug-likeness (QED) is 0.329. The second-order valence-electron chi connectivity index (χ2n) is 9.51. The molecule has 8 heteroatoms. The Labute approximate surface area is 220 Å². The predicted molar refractivity (Wildman–Crippen MR) is 145 cm³/mol. The summed E-state index contributed by atoms with van der Waals surface area (Å²) >= 11 is 0. The van der Waals surface area contributed by atoms with Crippen molar-refractivity contribution in [1.82, 2.24) is 19.8 Å². The summed E-state index contributed by atoms with van der Waals surface area (Å²) < 4.78 is 41.9. The normalized spacial score (nSPS) is 14.7. The molecule has 1 aliphatic heterocycles. The number of piperazine rings is 1. The molecule has 1 fully saturated rings. The van der Waals surface area contributed by atoms with Crippen LogP contribution in [0.3, 0.4) is 0 Å². The number of fused-ring (bicyclic) bond motifs is 1. The number of rotatable bonds is 5. The third-order valence-corrected chi connectivity index (χ3v) is 6.73. The lowest BCUT2D eigenvalue weighted by molar-refractivity contribution is -0.138. The molecule has 0 radical (unpaired) electrons. The van der Waals surface area contributed by atoms with Crippen molar-refractivity contribution < 1.29 is 13.2 Å². The molecule has 2 N–H and O–H groups in total. The Kier molecular flexibility index (Phi) is 7.23. The van der Waals surface area contributed by atoms with Gasteiger partial charge in [-0.05, 0) is 48.5 Å². The maximum atomic E-state index is 14.0. The zero-order chi connectivity index (χ0) is 26.7. The van der Waals surface area contributed by atoms with Gasteiger partial charge in [-0.15, -0.1) is 0 Å². The maximum Gasteiger partial charge on any atom is 0.416 e. The van der Waals surface area contributed by atoms with Crippen molar-refractivity contribution >= 4 is 22.3 Å². The number of nitrogens with zero attached hydrogens (tertiary/aromatic N) is 3. The number of hydrogen-bond acceptors (Lipinski definition) is 4. The first-order valence-corrected chi connectivity index (χ1v) is 12.4. The molecule has 0 spiro atoms. The Hall–Kier alpha value is -4.06. The highest BCUT2D eigenvalue weighted by molar-refractivity contribution is 5.85. The number of likely N-dealkylation sites (N-methyl/N-ethyl adjacent to an activating group) is 1. The number of H-pyrrole nitrogens is 1. The Bertz CT molecular complexity index is 1520. The van der Waals surface area contributed by atoms with Crippen LogP contribution in [0, 0.1) is 11.8 Å². The van der Waals surface area contributed by atoms with E-state index in [2.05, 4.69) is 43.5 Å². The number of benzene rings is 2. The van der Waals surface area contributed by atoms with Gasteiger partial charge in [0, 0.05) is 67.5 Å². The molecule has 0 aliphatic carbocycles. The monoisotopic (exact) mass is 515 g/mol. The molecule has 1 aliphatic rings. The summed E-state index contributed by atoms with van der Waals surface area (Å²) in [6.45, 7) is 7.54. The molecule has 0 bridgehead atoms. The first-order valence-electron chi connectivity index (χ1n) is 12.4. The molecule has 5 nitrogen and oxygen atoms in total. The Morgan fingerprint density at radius 3 is 2.66 bits per heavy atom. The van der Waals surface area contributed by atoms with Gasteiger partial charge in [0.1, 0.15) is 0 Å². The molecule has 4 aromatic rings. The zero-order valence-electron chi connectivity index (χ0n) is 21.1. The molecule has 0 saturated carbocycles. The molecular formula is C30H28F3N5. The second-order valence-corrected chi connectivity index (χ2v) is 9.51. The Morgan fingerprint density at radius 2 is 1.87 bits per heavy atom. The average Bonchev–Trinajstić information content (AvgIpc) is 3.39. The van der Waals surface area contributed by atoms with Crippen molar-refractivity contribution in [2.24, 2.45) is 0 Å². The third kappa shape index (κ3) is 5.91. The van der Waals surface area contributed by atoms with Crippen LogP contribution >= 0.6 is 0 Å². The van der Waals surface area contributed by atoms with E-state index in [-0.39, 0.29) is 12.1 Å². The minimum Gasteiger partial charge on any atom is -0.360 e. The summed E-state index contributed by atoms with van der Waals surface area (Å²) in [6.07, 6.45) is 0.865. The van der Waals surface area contributed by atoms with Crippen LogP contribution in [-0.2, 0) is 12.7 Å². The number of pyridine rings is 1. The van der Waals surface area contributed by atoms with Crippen molar-refractivity contribution in [2.45, 2.75) is 12.7 Å². The third-order valence-electron chi connectivity index (χ3n) is 6.73. The molecule has 0 unspecified atom stereocenters. The molecule has 5 rings (SSSR count). The van der Waals surface area contributed by atoms with Gasteiger partial charge >= 0.3 is 6.18 Å². The van der Waals surface area contributed by atoms with Gasteiger partial charge in [-0.2, -0.15) is 13.2 Å². The largest absolute Gasteiger partial charge is 0.416 e. The van der Waals surface area contributed by atoms with Gasteiger partial charge in [0.15, 0.2) is 0 Å². The van der Waals surface area contributed by atoms with Gasteiger partial charge in [0.05, 0.1) is 22.8 Å². The Balaban J connectivity index is 1.33. The first kappa shape index (κ1) is 25.6. The molecule has 0 atom stereocenters. The summed E-state index contributed by atoms with van der Waals surface area (Å²) in [5.41, 5.74) is 3.71. The van der Waals surface area contributed by atoms with Crippen LogP contribution in [0.25, 0.3) is 16.6 Å². The SMILES string of the molecule is C=C(Nc1ccc(CN2CCN(C)CC2)c(C(F)(F)F)c1)c1cccc(C#Cc2cncc3[nH]ccc23)c1. The van der Waals surface area contributed by atoms with E-state index in [4.69, 9.17) is 0 Å². The number of aromatic nitrogens is 2. The molecule has 194 valence electrons. The van der Waals surface area contributed by atoms with Crippen LogP contribution in [0.15, 0.2) is 73.7 Å². The van der Waals surface area contributed by atoms with Crippen LogP contribution in [0.5, 0.6) is 0 Å². The summed E-state index contributed by atoms with van der Waals surface area (Å²) in [7, 11) is 2.02. The fraction of sp³-hybridized carbons (Fsp3) is 0.233. The van der Waals surface area contributed by atoms with Crippen molar-refractivity contribution in [3.63, 3.8) is 0 Å². The van der Waals surface area contributed by atoms with Gasteiger partial charge < -0.3 is 15.2 Å². The first-order chi connectivity index (χ1) is 18.3. The van der Waals surface area contributed by atoms with Crippen molar-refractivity contribution in [3.8, 4) is 11.8 Å². The second kappa shape index (κ2) is 10.7. The highest BCUT2D eigenvalue weighted by Crippen LogP contribution is 2.35. The minimum atomic E-state index is -4.45. The highest BCUT2D eigenvalue weighted by atomic mass is 19.4. The van der Waals surface area contributed by atoms with Crippen LogP contribution < -0.4 is 5.32 Å². The summed E-state index contributed by atoms with van der Waals surface area (Å²) in [6, 6.07) is 13.8. The van der Waals surface area contributed by atoms with E-state index >= 15 is 0 Å². The number of aromatic amines is 1. The lowest BCUT2D eigenvalue weighted by Crippen LogP contribution is -2.44. The van der Waals surface area contributed by atoms with E-state index < -0.39 is 11.7 Å². The molecular weight excluding hydrogens is 487 g/mol. The van der Waals surface area contributed by atoms with Gasteiger partial charge in [-0.3, -0.25) is 9.88 Å². The smallest absolute Gasteiger partial charge is 0.360 e.